The van der Waals surface area contributed by atoms with Crippen LogP contribution in [-0.4, -0.2) is 20.1 Å². The Morgan fingerprint density at radius 2 is 1.92 bits per heavy atom. The lowest BCUT2D eigenvalue weighted by Crippen LogP contribution is -2.38. The van der Waals surface area contributed by atoms with Crippen LogP contribution in [0.1, 0.15) is 35.2 Å². The Balaban J connectivity index is 2.00. The van der Waals surface area contributed by atoms with E-state index in [4.69, 9.17) is 4.74 Å². The number of nitrogens with zero attached hydrogens (tertiary/aromatic N) is 1. The van der Waals surface area contributed by atoms with Crippen molar-refractivity contribution in [1.29, 1.82) is 0 Å². The number of guanidine groups is 1. The van der Waals surface area contributed by atoms with Gasteiger partial charge in [0.2, 0.25) is 0 Å². The van der Waals surface area contributed by atoms with Gasteiger partial charge in [-0.25, -0.2) is 4.39 Å². The molecule has 1 atom stereocenters. The molecule has 0 heterocycles. The lowest BCUT2D eigenvalue weighted by atomic mass is 10.1. The Morgan fingerprint density at radius 1 is 1.20 bits per heavy atom. The van der Waals surface area contributed by atoms with Gasteiger partial charge < -0.3 is 15.4 Å². The topological polar surface area (TPSA) is 45.7 Å². The predicted octanol–water partition coefficient (Wildman–Crippen LogP) is 3.71. The van der Waals surface area contributed by atoms with E-state index in [1.807, 2.05) is 25.1 Å². The van der Waals surface area contributed by atoms with Crippen molar-refractivity contribution in [2.45, 2.75) is 33.0 Å². The van der Waals surface area contributed by atoms with E-state index in [0.29, 0.717) is 24.7 Å². The van der Waals surface area contributed by atoms with E-state index in [0.717, 1.165) is 16.7 Å². The number of hydrogen-bond acceptors (Lipinski definition) is 2. The molecule has 0 aliphatic rings. The Hall–Kier alpha value is -2.40. The van der Waals surface area contributed by atoms with Gasteiger partial charge >= 0.3 is 0 Å². The summed E-state index contributed by atoms with van der Waals surface area (Å²) in [5.74, 6) is 0.475. The van der Waals surface area contributed by atoms with E-state index in [-0.39, 0.29) is 11.9 Å². The van der Waals surface area contributed by atoms with Crippen LogP contribution >= 0.6 is 0 Å². The zero-order chi connectivity index (χ0) is 18.2. The highest BCUT2D eigenvalue weighted by atomic mass is 19.1. The van der Waals surface area contributed by atoms with Gasteiger partial charge in [0.15, 0.2) is 5.96 Å². The first-order chi connectivity index (χ1) is 12.0. The van der Waals surface area contributed by atoms with Gasteiger partial charge in [0.1, 0.15) is 5.82 Å². The molecule has 0 aliphatic heterocycles. The molecule has 2 N–H and O–H groups in total. The molecule has 134 valence electrons. The maximum Gasteiger partial charge on any atom is 0.191 e. The maximum absolute atomic E-state index is 13.8. The Bertz CT molecular complexity index is 731. The second-order valence-corrected chi connectivity index (χ2v) is 6.00. The van der Waals surface area contributed by atoms with Gasteiger partial charge in [-0.3, -0.25) is 4.99 Å². The van der Waals surface area contributed by atoms with Crippen molar-refractivity contribution in [2.24, 2.45) is 4.99 Å². The average molecular weight is 343 g/mol. The SMILES string of the molecule is CN=C(NCc1ccccc1COC)NC(C)c1ccc(C)c(F)c1. The summed E-state index contributed by atoms with van der Waals surface area (Å²) >= 11 is 0. The molecule has 0 amide bonds. The molecule has 0 fully saturated rings. The average Bonchev–Trinajstić information content (AvgIpc) is 2.62. The van der Waals surface area contributed by atoms with Crippen LogP contribution in [0.15, 0.2) is 47.5 Å². The van der Waals surface area contributed by atoms with Crippen LogP contribution in [0.2, 0.25) is 0 Å². The van der Waals surface area contributed by atoms with Crippen LogP contribution in [0, 0.1) is 12.7 Å². The fourth-order valence-corrected chi connectivity index (χ4v) is 2.57. The molecule has 0 aliphatic carbocycles. The number of ether oxygens (including phenoxy) is 1. The van der Waals surface area contributed by atoms with E-state index in [1.54, 1.807) is 33.2 Å². The second-order valence-electron chi connectivity index (χ2n) is 6.00. The molecule has 2 aromatic carbocycles. The minimum absolute atomic E-state index is 0.0597. The standard InChI is InChI=1S/C20H26FN3O/c1-14-9-10-16(11-19(14)21)15(2)24-20(22-3)23-12-17-7-5-6-8-18(17)13-25-4/h5-11,15H,12-13H2,1-4H3,(H2,22,23,24). The Kier molecular flexibility index (Phi) is 6.95. The van der Waals surface area contributed by atoms with Crippen molar-refractivity contribution >= 4 is 5.96 Å². The van der Waals surface area contributed by atoms with Gasteiger partial charge in [-0.15, -0.1) is 0 Å². The van der Waals surface area contributed by atoms with Crippen LogP contribution in [0.3, 0.4) is 0 Å². The summed E-state index contributed by atoms with van der Waals surface area (Å²) in [5.41, 5.74) is 3.82. The molecule has 0 bridgehead atoms. The van der Waals surface area contributed by atoms with Crippen molar-refractivity contribution in [3.63, 3.8) is 0 Å². The fraction of sp³-hybridized carbons (Fsp3) is 0.350. The third kappa shape index (κ3) is 5.29. The summed E-state index contributed by atoms with van der Waals surface area (Å²) in [4.78, 5) is 4.25. The Morgan fingerprint density at radius 3 is 2.56 bits per heavy atom. The van der Waals surface area contributed by atoms with Gasteiger partial charge in [0.05, 0.1) is 12.6 Å². The van der Waals surface area contributed by atoms with Crippen molar-refractivity contribution in [2.75, 3.05) is 14.2 Å². The minimum atomic E-state index is -0.192. The van der Waals surface area contributed by atoms with Gasteiger partial charge in [0, 0.05) is 20.7 Å². The zero-order valence-corrected chi connectivity index (χ0v) is 15.3. The number of halogens is 1. The number of aryl methyl sites for hydroxylation is 1. The number of nitrogens with one attached hydrogen (secondary N) is 2. The van der Waals surface area contributed by atoms with E-state index in [9.17, 15) is 4.39 Å². The number of methoxy groups -OCH3 is 1. The molecule has 0 radical (unpaired) electrons. The summed E-state index contributed by atoms with van der Waals surface area (Å²) in [6, 6.07) is 13.3. The van der Waals surface area contributed by atoms with Gasteiger partial charge in [0.25, 0.3) is 0 Å². The Labute approximate surface area is 149 Å². The predicted molar refractivity (Wildman–Crippen MR) is 100 cm³/mol. The van der Waals surface area contributed by atoms with E-state index >= 15 is 0 Å². The third-order valence-electron chi connectivity index (χ3n) is 4.14. The highest BCUT2D eigenvalue weighted by molar-refractivity contribution is 5.80. The maximum atomic E-state index is 13.8. The van der Waals surface area contributed by atoms with Crippen molar-refractivity contribution in [3.05, 3.63) is 70.5 Å². The fourth-order valence-electron chi connectivity index (χ4n) is 2.57. The van der Waals surface area contributed by atoms with Gasteiger partial charge in [-0.2, -0.15) is 0 Å². The van der Waals surface area contributed by atoms with Crippen LogP contribution in [0.25, 0.3) is 0 Å². The lowest BCUT2D eigenvalue weighted by molar-refractivity contribution is 0.184. The first-order valence-electron chi connectivity index (χ1n) is 8.34. The molecule has 2 rings (SSSR count). The van der Waals surface area contributed by atoms with E-state index in [2.05, 4.69) is 27.8 Å². The lowest BCUT2D eigenvalue weighted by Gasteiger charge is -2.19. The molecule has 2 aromatic rings. The van der Waals surface area contributed by atoms with Gasteiger partial charge in [-0.1, -0.05) is 36.4 Å². The number of rotatable bonds is 6. The summed E-state index contributed by atoms with van der Waals surface area (Å²) in [5, 5.41) is 6.59. The molecule has 0 saturated heterocycles. The molecule has 0 aromatic heterocycles. The largest absolute Gasteiger partial charge is 0.380 e. The summed E-state index contributed by atoms with van der Waals surface area (Å²) in [7, 11) is 3.41. The third-order valence-corrected chi connectivity index (χ3v) is 4.14. The van der Waals surface area contributed by atoms with Gasteiger partial charge in [-0.05, 0) is 42.2 Å². The quantitative estimate of drug-likeness (QED) is 0.621. The number of hydrogen-bond donors (Lipinski definition) is 2. The highest BCUT2D eigenvalue weighted by Crippen LogP contribution is 2.16. The molecule has 1 unspecified atom stereocenters. The smallest absolute Gasteiger partial charge is 0.191 e. The summed E-state index contributed by atoms with van der Waals surface area (Å²) < 4.78 is 19.0. The highest BCUT2D eigenvalue weighted by Gasteiger charge is 2.10. The van der Waals surface area contributed by atoms with Crippen molar-refractivity contribution < 1.29 is 9.13 Å². The minimum Gasteiger partial charge on any atom is -0.380 e. The molecule has 4 nitrogen and oxygen atoms in total. The van der Waals surface area contributed by atoms with Crippen molar-refractivity contribution in [3.8, 4) is 0 Å². The zero-order valence-electron chi connectivity index (χ0n) is 15.3. The molecular weight excluding hydrogens is 317 g/mol. The van der Waals surface area contributed by atoms with Crippen LogP contribution in [-0.2, 0) is 17.9 Å². The van der Waals surface area contributed by atoms with Crippen LogP contribution < -0.4 is 10.6 Å². The molecule has 25 heavy (non-hydrogen) atoms. The van der Waals surface area contributed by atoms with Crippen molar-refractivity contribution in [1.82, 2.24) is 10.6 Å². The summed E-state index contributed by atoms with van der Waals surface area (Å²) in [6.45, 7) is 4.95. The van der Waals surface area contributed by atoms with Crippen LogP contribution in [0.4, 0.5) is 4.39 Å². The number of benzene rings is 2. The molecule has 5 heteroatoms. The first kappa shape index (κ1) is 18.9. The number of aliphatic imine (C=N–C) groups is 1. The molecular formula is C20H26FN3O. The van der Waals surface area contributed by atoms with Crippen LogP contribution in [0.5, 0.6) is 0 Å². The summed E-state index contributed by atoms with van der Waals surface area (Å²) in [6.07, 6.45) is 0. The first-order valence-corrected chi connectivity index (χ1v) is 8.34. The monoisotopic (exact) mass is 343 g/mol. The van der Waals surface area contributed by atoms with E-state index in [1.165, 1.54) is 0 Å². The van der Waals surface area contributed by atoms with E-state index < -0.39 is 0 Å². The second kappa shape index (κ2) is 9.18. The molecule has 0 saturated carbocycles. The molecule has 0 spiro atoms. The normalized spacial score (nSPS) is 12.8.